The van der Waals surface area contributed by atoms with Gasteiger partial charge in [0.15, 0.2) is 0 Å². The number of nitrogens with zero attached hydrogens (tertiary/aromatic N) is 2. The van der Waals surface area contributed by atoms with E-state index < -0.39 is 11.9 Å². The molecular weight excluding hydrogens is 894 g/mol. The molecule has 0 fully saturated rings. The quantitative estimate of drug-likeness (QED) is 0.160. The molecule has 6 nitrogen and oxygen atoms in total. The van der Waals surface area contributed by atoms with Crippen LogP contribution < -0.4 is 0 Å². The van der Waals surface area contributed by atoms with E-state index in [1.165, 1.54) is 29.8 Å². The number of halogens is 6. The van der Waals surface area contributed by atoms with Gasteiger partial charge in [0.1, 0.15) is 10.0 Å². The van der Waals surface area contributed by atoms with Gasteiger partial charge >= 0.3 is 11.9 Å². The number of aromatic nitrogens is 2. The van der Waals surface area contributed by atoms with E-state index in [0.29, 0.717) is 51.3 Å². The van der Waals surface area contributed by atoms with Crippen molar-refractivity contribution < 1.29 is 19.4 Å². The summed E-state index contributed by atoms with van der Waals surface area (Å²) in [6.07, 6.45) is 0. The van der Waals surface area contributed by atoms with E-state index in [1.807, 2.05) is 66.2 Å². The zero-order valence-electron chi connectivity index (χ0n) is 28.0. The number of methoxy groups -OCH3 is 1. The highest BCUT2D eigenvalue weighted by atomic mass is 79.9. The number of carbonyl (C=O) groups excluding carboxylic acids is 1. The Morgan fingerprint density at radius 1 is 0.611 bits per heavy atom. The number of hydrogen-bond donors (Lipinski definition) is 1. The summed E-state index contributed by atoms with van der Waals surface area (Å²) in [4.78, 5) is 33.1. The van der Waals surface area contributed by atoms with Gasteiger partial charge in [-0.15, -0.1) is 22.7 Å². The molecule has 0 unspecified atom stereocenters. The molecule has 7 aromatic rings. The van der Waals surface area contributed by atoms with Crippen molar-refractivity contribution in [3.8, 4) is 54.8 Å². The summed E-state index contributed by atoms with van der Waals surface area (Å²) in [5.41, 5.74) is 7.73. The average Bonchev–Trinajstić information content (AvgIpc) is 3.86. The Morgan fingerprint density at radius 2 is 1.11 bits per heavy atom. The Morgan fingerprint density at radius 3 is 1.61 bits per heavy atom. The van der Waals surface area contributed by atoms with E-state index in [1.54, 1.807) is 42.5 Å². The summed E-state index contributed by atoms with van der Waals surface area (Å²) in [5.74, 6) is -1.42. The summed E-state index contributed by atoms with van der Waals surface area (Å²) in [6.45, 7) is 1.94. The molecule has 5 aromatic carbocycles. The second-order valence-corrected chi connectivity index (χ2v) is 16.2. The van der Waals surface area contributed by atoms with E-state index in [9.17, 15) is 14.7 Å². The van der Waals surface area contributed by atoms with Crippen LogP contribution in [0.3, 0.4) is 0 Å². The van der Waals surface area contributed by atoms with Crippen molar-refractivity contribution in [3.05, 3.63) is 148 Å². The zero-order chi connectivity index (χ0) is 38.7. The molecule has 1 N–H and O–H groups in total. The van der Waals surface area contributed by atoms with Gasteiger partial charge in [-0.05, 0) is 82.5 Å². The van der Waals surface area contributed by atoms with Gasteiger partial charge in [0.2, 0.25) is 0 Å². The van der Waals surface area contributed by atoms with E-state index in [-0.39, 0.29) is 5.56 Å². The predicted octanol–water partition coefficient (Wildman–Crippen LogP) is 14.4. The van der Waals surface area contributed by atoms with E-state index >= 15 is 0 Å². The molecule has 14 heteroatoms. The van der Waals surface area contributed by atoms with Crippen LogP contribution >= 0.6 is 96.6 Å². The number of aryl methyl sites for hydroxylation is 1. The fraction of sp³-hybridized carbons (Fsp3) is 0.0500. The molecule has 0 saturated carbocycles. The van der Waals surface area contributed by atoms with E-state index in [2.05, 4.69) is 25.9 Å². The molecule has 0 amide bonds. The number of hydrogen-bond acceptors (Lipinski definition) is 7. The SMILES string of the molecule is COC(=O)c1cc(-c2nc(-c3ccc(Cl)c(Cl)c3)cs2)ccc1Br.Cc1ccc(-c2ccc(-c3nc(-c4ccc(Cl)c(Cl)c4)cs3)cc2C(=O)O)c(Cl)c1. The number of carboxylic acid groups (broad SMARTS) is 1. The molecular formula is C40H24BrCl5N2O4S2. The van der Waals surface area contributed by atoms with Crippen molar-refractivity contribution in [2.45, 2.75) is 6.92 Å². The second-order valence-electron chi connectivity index (χ2n) is 11.6. The van der Waals surface area contributed by atoms with Crippen molar-refractivity contribution in [3.63, 3.8) is 0 Å². The smallest absolute Gasteiger partial charge is 0.339 e. The molecule has 0 radical (unpaired) electrons. The zero-order valence-corrected chi connectivity index (χ0v) is 35.0. The molecule has 272 valence electrons. The molecule has 0 atom stereocenters. The lowest BCUT2D eigenvalue weighted by Gasteiger charge is -2.10. The summed E-state index contributed by atoms with van der Waals surface area (Å²) >= 11 is 36.7. The van der Waals surface area contributed by atoms with E-state index in [0.717, 1.165) is 44.2 Å². The predicted molar refractivity (Wildman–Crippen MR) is 227 cm³/mol. The van der Waals surface area contributed by atoms with Gasteiger partial charge in [0, 0.05) is 48.1 Å². The van der Waals surface area contributed by atoms with Crippen LogP contribution in [-0.4, -0.2) is 34.1 Å². The van der Waals surface area contributed by atoms with Crippen LogP contribution in [0.25, 0.3) is 54.8 Å². The monoisotopic (exact) mass is 914 g/mol. The van der Waals surface area contributed by atoms with Crippen LogP contribution in [-0.2, 0) is 4.74 Å². The van der Waals surface area contributed by atoms with Crippen molar-refractivity contribution in [1.82, 2.24) is 9.97 Å². The molecule has 54 heavy (non-hydrogen) atoms. The first-order valence-electron chi connectivity index (χ1n) is 15.7. The van der Waals surface area contributed by atoms with Crippen LogP contribution in [0.15, 0.2) is 106 Å². The van der Waals surface area contributed by atoms with Gasteiger partial charge in [0.05, 0.1) is 49.7 Å². The third kappa shape index (κ3) is 9.02. The summed E-state index contributed by atoms with van der Waals surface area (Å²) < 4.78 is 5.47. The van der Waals surface area contributed by atoms with Crippen LogP contribution in [0, 0.1) is 6.92 Å². The Labute approximate surface area is 352 Å². The Balaban J connectivity index is 0.000000189. The van der Waals surface area contributed by atoms with Crippen LogP contribution in [0.4, 0.5) is 0 Å². The number of thiazole rings is 2. The van der Waals surface area contributed by atoms with Gasteiger partial charge in [-0.1, -0.05) is 100 Å². The fourth-order valence-electron chi connectivity index (χ4n) is 5.24. The lowest BCUT2D eigenvalue weighted by Crippen LogP contribution is -2.02. The lowest BCUT2D eigenvalue weighted by molar-refractivity contribution is 0.0598. The van der Waals surface area contributed by atoms with Gasteiger partial charge in [0.25, 0.3) is 0 Å². The first-order valence-corrected chi connectivity index (χ1v) is 20.1. The Kier molecular flexibility index (Phi) is 12.8. The largest absolute Gasteiger partial charge is 0.478 e. The minimum atomic E-state index is -1.02. The van der Waals surface area contributed by atoms with Crippen molar-refractivity contribution >= 4 is 109 Å². The number of carboxylic acids is 1. The van der Waals surface area contributed by atoms with Gasteiger partial charge < -0.3 is 9.84 Å². The summed E-state index contributed by atoms with van der Waals surface area (Å²) in [6, 6.07) is 27.0. The maximum absolute atomic E-state index is 12.0. The Hall–Kier alpha value is -3.77. The molecule has 2 heterocycles. The number of carbonyl (C=O) groups is 2. The number of ether oxygens (including phenoxy) is 1. The number of aromatic carboxylic acids is 1. The normalized spacial score (nSPS) is 10.8. The Bertz CT molecular complexity index is 2560. The maximum atomic E-state index is 12.0. The standard InChI is InChI=1S/C23H14Cl3NO2S.C17H10BrCl2NO2S/c1-12-2-5-16(19(25)8-12)15-6-3-14(9-17(15)23(28)29)22-27-21(11-30-22)13-4-7-18(24)20(26)10-13;1-23-17(22)11-6-10(2-4-12(11)18)16-21-15(8-24-16)9-3-5-13(19)14(20)7-9/h2-11H,1H3,(H,28,29);2-8H,1H3. The van der Waals surface area contributed by atoms with Crippen molar-refractivity contribution in [1.29, 1.82) is 0 Å². The van der Waals surface area contributed by atoms with Crippen molar-refractivity contribution in [2.24, 2.45) is 0 Å². The van der Waals surface area contributed by atoms with E-state index in [4.69, 9.17) is 62.7 Å². The highest BCUT2D eigenvalue weighted by Crippen LogP contribution is 2.37. The molecule has 2 aromatic heterocycles. The minimum Gasteiger partial charge on any atom is -0.478 e. The van der Waals surface area contributed by atoms with Crippen LogP contribution in [0.5, 0.6) is 0 Å². The third-order valence-corrected chi connectivity index (χ3v) is 12.2. The highest BCUT2D eigenvalue weighted by molar-refractivity contribution is 9.10. The fourth-order valence-corrected chi connectivity index (χ4v) is 8.23. The first-order chi connectivity index (χ1) is 25.8. The summed E-state index contributed by atoms with van der Waals surface area (Å²) in [7, 11) is 1.35. The van der Waals surface area contributed by atoms with Gasteiger partial charge in [-0.3, -0.25) is 0 Å². The molecule has 0 aliphatic heterocycles. The maximum Gasteiger partial charge on any atom is 0.339 e. The minimum absolute atomic E-state index is 0.171. The number of benzene rings is 5. The molecule has 0 aliphatic carbocycles. The summed E-state index contributed by atoms with van der Waals surface area (Å²) in [5, 5.41) is 17.6. The molecule has 0 spiro atoms. The molecule has 0 saturated heterocycles. The second kappa shape index (κ2) is 17.4. The molecule has 7 rings (SSSR count). The van der Waals surface area contributed by atoms with Crippen molar-refractivity contribution in [2.75, 3.05) is 7.11 Å². The average molecular weight is 918 g/mol. The molecule has 0 bridgehead atoms. The number of esters is 1. The lowest BCUT2D eigenvalue weighted by atomic mass is 9.96. The van der Waals surface area contributed by atoms with Gasteiger partial charge in [-0.2, -0.15) is 0 Å². The third-order valence-electron chi connectivity index (χ3n) is 7.97. The number of rotatable bonds is 7. The molecule has 0 aliphatic rings. The van der Waals surface area contributed by atoms with Gasteiger partial charge in [-0.25, -0.2) is 19.6 Å². The first kappa shape index (κ1) is 39.9. The highest BCUT2D eigenvalue weighted by Gasteiger charge is 2.18. The topological polar surface area (TPSA) is 89.4 Å². The van der Waals surface area contributed by atoms with Crippen LogP contribution in [0.1, 0.15) is 26.3 Å². The van der Waals surface area contributed by atoms with Crippen LogP contribution in [0.2, 0.25) is 25.1 Å².